The van der Waals surface area contributed by atoms with E-state index in [0.29, 0.717) is 30.0 Å². The predicted molar refractivity (Wildman–Crippen MR) is 120 cm³/mol. The fourth-order valence-corrected chi connectivity index (χ4v) is 8.69. The molecule has 3 fully saturated rings. The van der Waals surface area contributed by atoms with E-state index in [-0.39, 0.29) is 16.2 Å². The normalized spacial score (nSPS) is 45.1. The van der Waals surface area contributed by atoms with Crippen LogP contribution in [0.2, 0.25) is 0 Å². The molecule has 1 nitrogen and oxygen atoms in total. The highest BCUT2D eigenvalue weighted by atomic mass is 19.1. The minimum atomic E-state index is -0.641. The van der Waals surface area contributed by atoms with Gasteiger partial charge >= 0.3 is 0 Å². The van der Waals surface area contributed by atoms with Crippen molar-refractivity contribution in [2.24, 2.45) is 34.0 Å². The first-order valence-electron chi connectivity index (χ1n) is 12.2. The van der Waals surface area contributed by atoms with Crippen LogP contribution in [0.1, 0.15) is 77.7 Å². The highest BCUT2D eigenvalue weighted by molar-refractivity contribution is 5.84. The summed E-state index contributed by atoms with van der Waals surface area (Å²) in [6.45, 7) is 6.73. The van der Waals surface area contributed by atoms with Gasteiger partial charge in [-0.05, 0) is 92.4 Å². The minimum absolute atomic E-state index is 0.0782. The lowest BCUT2D eigenvalue weighted by molar-refractivity contribution is -0.140. The summed E-state index contributed by atoms with van der Waals surface area (Å²) in [5.74, 6) is 2.33. The van der Waals surface area contributed by atoms with E-state index in [0.717, 1.165) is 38.5 Å². The lowest BCUT2D eigenvalue weighted by atomic mass is 9.45. The molecular weight excluding hydrogens is 371 g/mol. The molecule has 0 N–H and O–H groups in total. The molecule has 162 valence electrons. The number of benzene rings is 1. The molecular formula is C28H37FO. The van der Waals surface area contributed by atoms with Gasteiger partial charge in [-0.1, -0.05) is 55.8 Å². The molecule has 1 aromatic rings. The fraction of sp³-hybridized carbons (Fsp3) is 0.679. The molecule has 7 atom stereocenters. The Morgan fingerprint density at radius 2 is 1.77 bits per heavy atom. The quantitative estimate of drug-likeness (QED) is 0.487. The molecule has 4 aliphatic carbocycles. The van der Waals surface area contributed by atoms with Crippen LogP contribution in [0.15, 0.2) is 42.0 Å². The number of rotatable bonds is 3. The number of carbonyl (C=O) groups excluding carboxylic acids is 1. The molecule has 0 radical (unpaired) electrons. The third-order valence-corrected chi connectivity index (χ3v) is 10.4. The van der Waals surface area contributed by atoms with Gasteiger partial charge in [-0.3, -0.25) is 4.79 Å². The minimum Gasteiger partial charge on any atom is -0.299 e. The molecule has 0 heterocycles. The van der Waals surface area contributed by atoms with E-state index >= 15 is 0 Å². The molecule has 0 aromatic heterocycles. The van der Waals surface area contributed by atoms with Gasteiger partial charge in [0.25, 0.3) is 0 Å². The Morgan fingerprint density at radius 1 is 1.03 bits per heavy atom. The van der Waals surface area contributed by atoms with Gasteiger partial charge in [0.1, 0.15) is 12.0 Å². The van der Waals surface area contributed by atoms with Gasteiger partial charge < -0.3 is 0 Å². The van der Waals surface area contributed by atoms with E-state index in [1.807, 2.05) is 6.92 Å². The summed E-state index contributed by atoms with van der Waals surface area (Å²) in [6, 6.07) is 10.7. The Kier molecular flexibility index (Phi) is 4.80. The lowest BCUT2D eigenvalue weighted by Crippen LogP contribution is -2.54. The molecule has 0 bridgehead atoms. The number of halogens is 1. The third kappa shape index (κ3) is 2.74. The number of allylic oxidation sites excluding steroid dienone is 2. The van der Waals surface area contributed by atoms with Crippen molar-refractivity contribution >= 4 is 5.78 Å². The van der Waals surface area contributed by atoms with Crippen LogP contribution in [0.5, 0.6) is 0 Å². The molecule has 0 saturated heterocycles. The first-order valence-corrected chi connectivity index (χ1v) is 12.2. The van der Waals surface area contributed by atoms with Crippen LogP contribution < -0.4 is 0 Å². The third-order valence-electron chi connectivity index (χ3n) is 10.4. The molecule has 5 rings (SSSR count). The second-order valence-corrected chi connectivity index (χ2v) is 11.4. The molecule has 0 aliphatic heterocycles. The Bertz CT molecular complexity index is 859. The fourth-order valence-electron chi connectivity index (χ4n) is 8.69. The highest BCUT2D eigenvalue weighted by Crippen LogP contribution is 2.70. The smallest absolute Gasteiger partial charge is 0.136 e. The van der Waals surface area contributed by atoms with E-state index in [1.54, 1.807) is 0 Å². The molecule has 3 saturated carbocycles. The number of fused-ring (bicyclic) bond motifs is 5. The van der Waals surface area contributed by atoms with Crippen LogP contribution in [0.25, 0.3) is 0 Å². The molecule has 1 aromatic carbocycles. The van der Waals surface area contributed by atoms with E-state index in [4.69, 9.17) is 0 Å². The van der Waals surface area contributed by atoms with E-state index < -0.39 is 6.17 Å². The summed E-state index contributed by atoms with van der Waals surface area (Å²) in [4.78, 5) is 13.3. The zero-order valence-electron chi connectivity index (χ0n) is 18.9. The predicted octanol–water partition coefficient (Wildman–Crippen LogP) is 7.11. The zero-order chi connectivity index (χ0) is 21.1. The van der Waals surface area contributed by atoms with E-state index in [9.17, 15) is 9.18 Å². The lowest BCUT2D eigenvalue weighted by Gasteiger charge is -2.59. The van der Waals surface area contributed by atoms with Crippen molar-refractivity contribution in [3.63, 3.8) is 0 Å². The summed E-state index contributed by atoms with van der Waals surface area (Å²) in [5.41, 5.74) is 2.75. The van der Waals surface area contributed by atoms with Crippen LogP contribution in [0.3, 0.4) is 0 Å². The summed E-state index contributed by atoms with van der Waals surface area (Å²) < 4.78 is 14.1. The monoisotopic (exact) mass is 408 g/mol. The van der Waals surface area contributed by atoms with Crippen molar-refractivity contribution < 1.29 is 9.18 Å². The van der Waals surface area contributed by atoms with Gasteiger partial charge in [0, 0.05) is 11.8 Å². The van der Waals surface area contributed by atoms with E-state index in [2.05, 4.69) is 50.3 Å². The summed E-state index contributed by atoms with van der Waals surface area (Å²) >= 11 is 0. The van der Waals surface area contributed by atoms with Gasteiger partial charge in [-0.15, -0.1) is 0 Å². The van der Waals surface area contributed by atoms with Crippen molar-refractivity contribution in [1.82, 2.24) is 0 Å². The molecule has 4 aliphatic rings. The molecule has 0 spiro atoms. The molecule has 2 heteroatoms. The number of alkyl halides is 1. The van der Waals surface area contributed by atoms with Crippen molar-refractivity contribution in [3.8, 4) is 0 Å². The maximum absolute atomic E-state index is 14.1. The topological polar surface area (TPSA) is 17.1 Å². The molecule has 0 amide bonds. The average Bonchev–Trinajstić information content (AvgIpc) is 3.03. The number of carbonyl (C=O) groups is 1. The Morgan fingerprint density at radius 3 is 2.50 bits per heavy atom. The Hall–Kier alpha value is -1.44. The average molecular weight is 409 g/mol. The number of ketones is 1. The summed E-state index contributed by atoms with van der Waals surface area (Å²) in [7, 11) is 0. The zero-order valence-corrected chi connectivity index (χ0v) is 18.9. The summed E-state index contributed by atoms with van der Waals surface area (Å²) in [6.07, 6.45) is 10.7. The van der Waals surface area contributed by atoms with Gasteiger partial charge in [0.2, 0.25) is 0 Å². The van der Waals surface area contributed by atoms with Crippen LogP contribution >= 0.6 is 0 Å². The number of hydrogen-bond acceptors (Lipinski definition) is 1. The first-order chi connectivity index (χ1) is 14.3. The SMILES string of the molecule is CC(=O)C1(Cc2ccccc2)CCC2C3CC=C4CC(F)CCC4(C)C3CC[C@@]21C. The highest BCUT2D eigenvalue weighted by Gasteiger charge is 2.65. The number of hydrogen-bond donors (Lipinski definition) is 0. The van der Waals surface area contributed by atoms with Crippen molar-refractivity contribution in [2.75, 3.05) is 0 Å². The van der Waals surface area contributed by atoms with Crippen LogP contribution in [0, 0.1) is 34.0 Å². The second-order valence-electron chi connectivity index (χ2n) is 11.4. The van der Waals surface area contributed by atoms with Crippen LogP contribution in [-0.2, 0) is 11.2 Å². The van der Waals surface area contributed by atoms with Crippen molar-refractivity contribution in [2.45, 2.75) is 84.7 Å². The number of Topliss-reactive ketones (excluding diaryl/α,β-unsaturated/α-hetero) is 1. The van der Waals surface area contributed by atoms with Gasteiger partial charge in [0.15, 0.2) is 0 Å². The maximum atomic E-state index is 14.1. The standard InChI is InChI=1S/C28H37FO/c1-19(30)28(18-20-7-5-4-6-8-20)16-13-25-23-10-9-21-17-22(29)11-14-26(21,2)24(23)12-15-27(25,28)3/h4-9,22-25H,10-18H2,1-3H3/t22?,23?,24?,25?,26?,27-,28?/m0/s1. The Labute approximate surface area is 181 Å². The van der Waals surface area contributed by atoms with Gasteiger partial charge in [-0.25, -0.2) is 4.39 Å². The Balaban J connectivity index is 1.50. The van der Waals surface area contributed by atoms with Crippen LogP contribution in [0.4, 0.5) is 4.39 Å². The molecule has 30 heavy (non-hydrogen) atoms. The largest absolute Gasteiger partial charge is 0.299 e. The first kappa shape index (κ1) is 20.5. The molecule has 6 unspecified atom stereocenters. The second kappa shape index (κ2) is 7.04. The van der Waals surface area contributed by atoms with Gasteiger partial charge in [0.05, 0.1) is 0 Å². The summed E-state index contributed by atoms with van der Waals surface area (Å²) in [5, 5.41) is 0. The van der Waals surface area contributed by atoms with Crippen LogP contribution in [-0.4, -0.2) is 12.0 Å². The van der Waals surface area contributed by atoms with Gasteiger partial charge in [-0.2, -0.15) is 0 Å². The maximum Gasteiger partial charge on any atom is 0.136 e. The van der Waals surface area contributed by atoms with Crippen molar-refractivity contribution in [3.05, 3.63) is 47.5 Å². The van der Waals surface area contributed by atoms with Crippen molar-refractivity contribution in [1.29, 1.82) is 0 Å². The van der Waals surface area contributed by atoms with E-state index in [1.165, 1.54) is 24.0 Å².